The molecule has 1 fully saturated rings. The molecule has 0 bridgehead atoms. The maximum absolute atomic E-state index is 12.5. The molecule has 4 heterocycles. The summed E-state index contributed by atoms with van der Waals surface area (Å²) in [5, 5.41) is 0.254. The number of alkyl halides is 3. The SMILES string of the molecule is FC(F)F.I.O=S(=O)(Nc1ncns1)c1ccc2c(c1)OCC[C@H]2N1CCCCC1.[HH].c1ccncc1. The highest BCUT2D eigenvalue weighted by molar-refractivity contribution is 14.0. The van der Waals surface area contributed by atoms with Gasteiger partial charge >= 0.3 is 6.68 Å². The van der Waals surface area contributed by atoms with Crippen LogP contribution in [0.2, 0.25) is 0 Å². The van der Waals surface area contributed by atoms with Crippen LogP contribution in [0.15, 0.2) is 60.0 Å². The Morgan fingerprint density at radius 2 is 1.81 bits per heavy atom. The van der Waals surface area contributed by atoms with Crippen LogP contribution >= 0.6 is 35.5 Å². The summed E-state index contributed by atoms with van der Waals surface area (Å²) in [6.07, 6.45) is 9.51. The van der Waals surface area contributed by atoms with Crippen LogP contribution in [0.4, 0.5) is 18.3 Å². The molecule has 1 N–H and O–H groups in total. The van der Waals surface area contributed by atoms with Crippen LogP contribution in [0.25, 0.3) is 0 Å². The molecule has 200 valence electrons. The Kier molecular flexibility index (Phi) is 12.8. The molecular weight excluding hydrogens is 630 g/mol. The van der Waals surface area contributed by atoms with Crippen LogP contribution in [0, 0.1) is 0 Å². The molecule has 36 heavy (non-hydrogen) atoms. The molecule has 5 rings (SSSR count). The van der Waals surface area contributed by atoms with Gasteiger partial charge in [0.25, 0.3) is 10.0 Å². The van der Waals surface area contributed by atoms with Crippen LogP contribution in [-0.4, -0.2) is 54.0 Å². The van der Waals surface area contributed by atoms with Crippen LogP contribution in [0.3, 0.4) is 0 Å². The Morgan fingerprint density at radius 1 is 1.11 bits per heavy atom. The third kappa shape index (κ3) is 9.44. The van der Waals surface area contributed by atoms with Gasteiger partial charge in [0.05, 0.1) is 11.5 Å². The summed E-state index contributed by atoms with van der Waals surface area (Å²) in [5.41, 5.74) is 1.09. The molecule has 0 amide bonds. The van der Waals surface area contributed by atoms with Crippen LogP contribution in [0.1, 0.15) is 38.7 Å². The van der Waals surface area contributed by atoms with E-state index in [1.54, 1.807) is 24.5 Å². The summed E-state index contributed by atoms with van der Waals surface area (Å²) < 4.78 is 66.1. The van der Waals surface area contributed by atoms with E-state index >= 15 is 0 Å². The molecule has 1 saturated heterocycles. The van der Waals surface area contributed by atoms with Crippen molar-refractivity contribution >= 4 is 50.7 Å². The number of ether oxygens (including phenoxy) is 1. The summed E-state index contributed by atoms with van der Waals surface area (Å²) in [7, 11) is -3.69. The Labute approximate surface area is 231 Å². The molecule has 1 atom stereocenters. The van der Waals surface area contributed by atoms with E-state index in [1.807, 2.05) is 24.3 Å². The van der Waals surface area contributed by atoms with Crippen LogP contribution in [0.5, 0.6) is 5.75 Å². The summed E-state index contributed by atoms with van der Waals surface area (Å²) in [6, 6.07) is 11.2. The topological polar surface area (TPSA) is 97.3 Å². The van der Waals surface area contributed by atoms with Crippen molar-refractivity contribution in [1.29, 1.82) is 0 Å². The lowest BCUT2D eigenvalue weighted by Crippen LogP contribution is -2.36. The number of fused-ring (bicyclic) bond motifs is 1. The number of likely N-dealkylation sites (tertiary alicyclic amines) is 1. The third-order valence-corrected chi connectivity index (χ3v) is 7.33. The fourth-order valence-corrected chi connectivity index (χ4v) is 5.51. The number of hydrogen-bond donors (Lipinski definition) is 1. The Hall–Kier alpha value is -2.04. The van der Waals surface area contributed by atoms with Gasteiger partial charge in [0.1, 0.15) is 12.1 Å². The summed E-state index contributed by atoms with van der Waals surface area (Å²) in [5.74, 6) is 0.668. The van der Waals surface area contributed by atoms with Gasteiger partial charge in [-0.25, -0.2) is 13.4 Å². The van der Waals surface area contributed by atoms with Crippen molar-refractivity contribution in [3.8, 4) is 5.75 Å². The highest BCUT2D eigenvalue weighted by atomic mass is 127. The van der Waals surface area contributed by atoms with Crippen LogP contribution < -0.4 is 9.46 Å². The second kappa shape index (κ2) is 15.3. The second-order valence-corrected chi connectivity index (χ2v) is 10.0. The first-order valence-electron chi connectivity index (χ1n) is 10.9. The minimum atomic E-state index is -3.69. The lowest BCUT2D eigenvalue weighted by atomic mass is 9.97. The van der Waals surface area contributed by atoms with Crippen molar-refractivity contribution in [2.24, 2.45) is 0 Å². The number of anilines is 1. The molecular formula is C22H29F3IN5O3S2. The zero-order valence-electron chi connectivity index (χ0n) is 19.2. The highest BCUT2D eigenvalue weighted by Gasteiger charge is 2.29. The van der Waals surface area contributed by atoms with Gasteiger partial charge in [-0.1, -0.05) is 18.6 Å². The van der Waals surface area contributed by atoms with Crippen molar-refractivity contribution < 1.29 is 27.8 Å². The molecule has 2 aromatic heterocycles. The predicted octanol–water partition coefficient (Wildman–Crippen LogP) is 5.77. The minimum absolute atomic E-state index is 0. The third-order valence-electron chi connectivity index (χ3n) is 5.28. The van der Waals surface area contributed by atoms with Crippen molar-refractivity contribution in [1.82, 2.24) is 19.2 Å². The molecule has 0 aliphatic carbocycles. The van der Waals surface area contributed by atoms with Gasteiger partial charge in [-0.3, -0.25) is 14.6 Å². The van der Waals surface area contributed by atoms with E-state index in [1.165, 1.54) is 25.6 Å². The van der Waals surface area contributed by atoms with Gasteiger partial charge < -0.3 is 4.74 Å². The number of aromatic nitrogens is 3. The number of pyridine rings is 1. The second-order valence-electron chi connectivity index (χ2n) is 7.57. The normalized spacial score (nSPS) is 17.2. The average Bonchev–Trinajstić information content (AvgIpc) is 3.37. The minimum Gasteiger partial charge on any atom is -0.493 e. The van der Waals surface area contributed by atoms with Crippen molar-refractivity contribution in [3.05, 3.63) is 60.7 Å². The fraction of sp³-hybridized carbons (Fsp3) is 0.409. The molecule has 2 aliphatic rings. The predicted molar refractivity (Wildman–Crippen MR) is 144 cm³/mol. The lowest BCUT2D eigenvalue weighted by molar-refractivity contribution is 0.00819. The number of halogens is 4. The Balaban J connectivity index is 0.000000484. The van der Waals surface area contributed by atoms with Gasteiger partial charge in [-0.2, -0.15) is 17.5 Å². The molecule has 0 radical (unpaired) electrons. The van der Waals surface area contributed by atoms with E-state index in [4.69, 9.17) is 4.74 Å². The molecule has 0 unspecified atom stereocenters. The average molecular weight is 660 g/mol. The molecule has 14 heteroatoms. The number of nitrogens with one attached hydrogen (secondary N) is 1. The Morgan fingerprint density at radius 3 is 2.36 bits per heavy atom. The van der Waals surface area contributed by atoms with Gasteiger partial charge in [0, 0.05) is 49.4 Å². The molecule has 1 aromatic carbocycles. The standard InChI is InChI=1S/C16H20N4O3S2.C5H5N.CHF3.HI.H2/c21-25(22,19-16-17-11-18-24-16)12-4-5-13-14(6-9-23-15(13)10-12)20-7-2-1-3-8-20;1-2-4-6-5-3-1;2-1(3)4;;/h4-5,10-11,14H,1-3,6-9H2,(H,17,18,19);1-5H;1H;2*1H/t14-;;;;/m1..../s1. The first kappa shape index (κ1) is 30.2. The molecule has 0 spiro atoms. The van der Waals surface area contributed by atoms with E-state index in [-0.39, 0.29) is 35.4 Å². The number of hydrogen-bond acceptors (Lipinski definition) is 8. The first-order valence-corrected chi connectivity index (χ1v) is 13.2. The monoisotopic (exact) mass is 659 g/mol. The number of sulfonamides is 1. The number of piperidine rings is 1. The van der Waals surface area contributed by atoms with Crippen molar-refractivity contribution in [3.63, 3.8) is 0 Å². The summed E-state index contributed by atoms with van der Waals surface area (Å²) in [4.78, 5) is 10.3. The van der Waals surface area contributed by atoms with Crippen molar-refractivity contribution in [2.75, 3.05) is 24.4 Å². The highest BCUT2D eigenvalue weighted by Crippen LogP contribution is 2.38. The molecule has 8 nitrogen and oxygen atoms in total. The van der Waals surface area contributed by atoms with E-state index in [2.05, 4.69) is 24.0 Å². The zero-order valence-corrected chi connectivity index (χ0v) is 23.1. The van der Waals surface area contributed by atoms with E-state index in [0.29, 0.717) is 18.4 Å². The van der Waals surface area contributed by atoms with Gasteiger partial charge in [0.15, 0.2) is 0 Å². The first-order chi connectivity index (χ1) is 16.9. The number of nitrogens with zero attached hydrogens (tertiary/aromatic N) is 4. The molecule has 3 aromatic rings. The quantitative estimate of drug-likeness (QED) is 0.355. The fourth-order valence-electron chi connectivity index (χ4n) is 3.83. The maximum atomic E-state index is 12.5. The van der Waals surface area contributed by atoms with E-state index in [0.717, 1.165) is 36.6 Å². The molecule has 0 saturated carbocycles. The van der Waals surface area contributed by atoms with Gasteiger partial charge in [-0.05, 0) is 44.1 Å². The van der Waals surface area contributed by atoms with Gasteiger partial charge in [0.2, 0.25) is 5.13 Å². The van der Waals surface area contributed by atoms with E-state index < -0.39 is 16.7 Å². The number of benzene rings is 1. The summed E-state index contributed by atoms with van der Waals surface area (Å²) in [6.45, 7) is -0.854. The zero-order chi connectivity index (χ0) is 25.1. The van der Waals surface area contributed by atoms with Crippen molar-refractivity contribution in [2.45, 2.75) is 43.3 Å². The molecule has 2 aliphatic heterocycles. The lowest BCUT2D eigenvalue weighted by Gasteiger charge is -2.38. The Bertz CT molecular complexity index is 1100. The van der Waals surface area contributed by atoms with Crippen LogP contribution in [-0.2, 0) is 10.0 Å². The smallest absolute Gasteiger partial charge is 0.379 e. The van der Waals surface area contributed by atoms with E-state index in [9.17, 15) is 21.6 Å². The van der Waals surface area contributed by atoms with Gasteiger partial charge in [-0.15, -0.1) is 24.0 Å². The summed E-state index contributed by atoms with van der Waals surface area (Å²) >= 11 is 1.00. The number of rotatable bonds is 4. The largest absolute Gasteiger partial charge is 0.493 e. The maximum Gasteiger partial charge on any atom is 0.379 e.